The van der Waals surface area contributed by atoms with E-state index in [-0.39, 0.29) is 22.7 Å². The summed E-state index contributed by atoms with van der Waals surface area (Å²) in [5, 5.41) is 13.8. The normalized spacial score (nSPS) is 21.8. The van der Waals surface area contributed by atoms with Gasteiger partial charge in [-0.15, -0.1) is 0 Å². The van der Waals surface area contributed by atoms with Crippen LogP contribution in [0.25, 0.3) is 11.0 Å². The van der Waals surface area contributed by atoms with Crippen LogP contribution in [0.2, 0.25) is 0 Å². The molecule has 1 aromatic carbocycles. The van der Waals surface area contributed by atoms with Gasteiger partial charge in [0, 0.05) is 36.9 Å². The summed E-state index contributed by atoms with van der Waals surface area (Å²) >= 11 is 0. The number of aromatic nitrogens is 2. The van der Waals surface area contributed by atoms with Crippen LogP contribution >= 0.6 is 0 Å². The van der Waals surface area contributed by atoms with E-state index >= 15 is 0 Å². The lowest BCUT2D eigenvalue weighted by Crippen LogP contribution is -2.36. The number of nitrogens with one attached hydrogen (secondary N) is 1. The molecule has 36 heavy (non-hydrogen) atoms. The highest BCUT2D eigenvalue weighted by Gasteiger charge is 2.43. The molecule has 3 atom stereocenters. The third-order valence-electron chi connectivity index (χ3n) is 6.85. The number of pyridine rings is 1. The lowest BCUT2D eigenvalue weighted by atomic mass is 10.0. The zero-order valence-corrected chi connectivity index (χ0v) is 21.3. The molecule has 1 saturated carbocycles. The van der Waals surface area contributed by atoms with E-state index in [2.05, 4.69) is 16.4 Å². The molecule has 1 aliphatic carbocycles. The van der Waals surface area contributed by atoms with Crippen molar-refractivity contribution in [3.05, 3.63) is 54.4 Å². The van der Waals surface area contributed by atoms with Crippen molar-refractivity contribution in [2.45, 2.75) is 50.2 Å². The molecule has 5 rings (SSSR count). The standard InChI is InChI=1S/C26H29N5O4S/c1-26(2,3)35-25(32)30-15-17-11-20(12-18(17)16-30)29-23-19(13-27)14-28-24-22(23)9-10-31(24)36(33,34)21-7-5-4-6-8-21/h4-10,14,17-18,20H,11-12,15-16H2,1-3H3,(H,28,29)/t17-,18+,20?. The van der Waals surface area contributed by atoms with E-state index in [1.54, 1.807) is 41.3 Å². The van der Waals surface area contributed by atoms with Gasteiger partial charge < -0.3 is 15.0 Å². The van der Waals surface area contributed by atoms with Crippen molar-refractivity contribution < 1.29 is 17.9 Å². The summed E-state index contributed by atoms with van der Waals surface area (Å²) < 4.78 is 33.1. The first-order chi connectivity index (χ1) is 17.1. The van der Waals surface area contributed by atoms with Gasteiger partial charge in [-0.2, -0.15) is 5.26 Å². The third-order valence-corrected chi connectivity index (χ3v) is 8.53. The molecule has 2 aromatic heterocycles. The Morgan fingerprint density at radius 2 is 1.81 bits per heavy atom. The fourth-order valence-corrected chi connectivity index (χ4v) is 6.62. The molecular formula is C26H29N5O4S. The second-order valence-electron chi connectivity index (χ2n) is 10.5. The van der Waals surface area contributed by atoms with Crippen molar-refractivity contribution in [2.24, 2.45) is 11.8 Å². The maximum atomic E-state index is 13.2. The Balaban J connectivity index is 1.37. The summed E-state index contributed by atoms with van der Waals surface area (Å²) in [7, 11) is -3.83. The van der Waals surface area contributed by atoms with Gasteiger partial charge in [-0.25, -0.2) is 22.2 Å². The summed E-state index contributed by atoms with van der Waals surface area (Å²) in [4.78, 5) is 18.7. The largest absolute Gasteiger partial charge is 0.444 e. The lowest BCUT2D eigenvalue weighted by Gasteiger charge is -2.25. The first kappa shape index (κ1) is 24.1. The molecular weight excluding hydrogens is 478 g/mol. The molecule has 0 radical (unpaired) electrons. The van der Waals surface area contributed by atoms with Crippen LogP contribution in [0.15, 0.2) is 53.7 Å². The Hall–Kier alpha value is -3.58. The average molecular weight is 508 g/mol. The number of anilines is 1. The number of carbonyl (C=O) groups excluding carboxylic acids is 1. The number of hydrogen-bond acceptors (Lipinski definition) is 7. The highest BCUT2D eigenvalue weighted by atomic mass is 32.2. The van der Waals surface area contributed by atoms with Crippen LogP contribution < -0.4 is 5.32 Å². The predicted octanol–water partition coefficient (Wildman–Crippen LogP) is 4.20. The van der Waals surface area contributed by atoms with Crippen LogP contribution in [0.3, 0.4) is 0 Å². The quantitative estimate of drug-likeness (QED) is 0.562. The van der Waals surface area contributed by atoms with Crippen LogP contribution in [0, 0.1) is 23.2 Å². The van der Waals surface area contributed by atoms with Crippen molar-refractivity contribution >= 4 is 32.8 Å². The zero-order chi connectivity index (χ0) is 25.7. The molecule has 3 heterocycles. The van der Waals surface area contributed by atoms with E-state index in [4.69, 9.17) is 4.74 Å². The minimum Gasteiger partial charge on any atom is -0.444 e. The topological polar surface area (TPSA) is 117 Å². The second-order valence-corrected chi connectivity index (χ2v) is 12.4. The summed E-state index contributed by atoms with van der Waals surface area (Å²) in [5.74, 6) is 0.696. The van der Waals surface area contributed by atoms with Crippen LogP contribution in [0.4, 0.5) is 10.5 Å². The highest BCUT2D eigenvalue weighted by molar-refractivity contribution is 7.90. The fourth-order valence-electron chi connectivity index (χ4n) is 5.30. The van der Waals surface area contributed by atoms with Gasteiger partial charge in [0.2, 0.25) is 0 Å². The van der Waals surface area contributed by atoms with Crippen LogP contribution in [-0.2, 0) is 14.8 Å². The third kappa shape index (κ3) is 4.39. The minimum atomic E-state index is -3.83. The van der Waals surface area contributed by atoms with Gasteiger partial charge in [-0.1, -0.05) is 18.2 Å². The summed E-state index contributed by atoms with van der Waals surface area (Å²) in [6.07, 6.45) is 4.32. The van der Waals surface area contributed by atoms with Crippen LogP contribution in [0.1, 0.15) is 39.2 Å². The van der Waals surface area contributed by atoms with Gasteiger partial charge in [0.15, 0.2) is 5.65 Å². The van der Waals surface area contributed by atoms with E-state index in [9.17, 15) is 18.5 Å². The number of amides is 1. The number of likely N-dealkylation sites (tertiary alicyclic amines) is 1. The zero-order valence-electron chi connectivity index (χ0n) is 20.5. The van der Waals surface area contributed by atoms with Gasteiger partial charge in [0.25, 0.3) is 10.0 Å². The molecule has 9 nitrogen and oxygen atoms in total. The van der Waals surface area contributed by atoms with Crippen molar-refractivity contribution in [1.82, 2.24) is 13.9 Å². The predicted molar refractivity (Wildman–Crippen MR) is 135 cm³/mol. The molecule has 2 aliphatic rings. The molecule has 1 unspecified atom stereocenters. The van der Waals surface area contributed by atoms with E-state index in [1.807, 2.05) is 20.8 Å². The number of benzene rings is 1. The smallest absolute Gasteiger partial charge is 0.410 e. The van der Waals surface area contributed by atoms with Crippen molar-refractivity contribution in [1.29, 1.82) is 5.26 Å². The van der Waals surface area contributed by atoms with Crippen LogP contribution in [-0.4, -0.2) is 53.1 Å². The SMILES string of the molecule is CC(C)(C)OC(=O)N1C[C@H]2CC(Nc3c(C#N)cnc4c3ccn4S(=O)(=O)c3ccccc3)C[C@H]2C1. The van der Waals surface area contributed by atoms with Crippen molar-refractivity contribution in [3.8, 4) is 6.07 Å². The Bertz CT molecular complexity index is 1440. The Morgan fingerprint density at radius 3 is 2.42 bits per heavy atom. The van der Waals surface area contributed by atoms with Crippen molar-refractivity contribution in [3.63, 3.8) is 0 Å². The number of nitriles is 1. The molecule has 1 N–H and O–H groups in total. The average Bonchev–Trinajstić information content (AvgIpc) is 3.52. The number of fused-ring (bicyclic) bond motifs is 2. The number of nitrogens with zero attached hydrogens (tertiary/aromatic N) is 4. The fraction of sp³-hybridized carbons (Fsp3) is 0.423. The molecule has 188 valence electrons. The van der Waals surface area contributed by atoms with Gasteiger partial charge in [0.05, 0.1) is 16.1 Å². The molecule has 1 aliphatic heterocycles. The van der Waals surface area contributed by atoms with Gasteiger partial charge in [-0.05, 0) is 63.6 Å². The molecule has 1 saturated heterocycles. The number of carbonyl (C=O) groups is 1. The van der Waals surface area contributed by atoms with Gasteiger partial charge in [0.1, 0.15) is 11.7 Å². The van der Waals surface area contributed by atoms with Crippen molar-refractivity contribution in [2.75, 3.05) is 18.4 Å². The monoisotopic (exact) mass is 507 g/mol. The maximum Gasteiger partial charge on any atom is 0.410 e. The lowest BCUT2D eigenvalue weighted by molar-refractivity contribution is 0.0280. The Labute approximate surface area is 210 Å². The Morgan fingerprint density at radius 1 is 1.14 bits per heavy atom. The van der Waals surface area contributed by atoms with Gasteiger partial charge in [-0.3, -0.25) is 0 Å². The first-order valence-electron chi connectivity index (χ1n) is 12.0. The summed E-state index contributed by atoms with van der Waals surface area (Å²) in [6.45, 7) is 6.90. The molecule has 0 bridgehead atoms. The molecule has 1 amide bonds. The second kappa shape index (κ2) is 8.82. The number of ether oxygens (including phenoxy) is 1. The summed E-state index contributed by atoms with van der Waals surface area (Å²) in [6, 6.07) is 12.2. The van der Waals surface area contributed by atoms with E-state index < -0.39 is 15.6 Å². The molecule has 3 aromatic rings. The minimum absolute atomic E-state index is 0.104. The molecule has 2 fully saturated rings. The number of hydrogen-bond donors (Lipinski definition) is 1. The van der Waals surface area contributed by atoms with E-state index in [0.717, 1.165) is 16.8 Å². The highest BCUT2D eigenvalue weighted by Crippen LogP contribution is 2.41. The van der Waals surface area contributed by atoms with E-state index in [1.165, 1.54) is 12.4 Å². The van der Waals surface area contributed by atoms with Gasteiger partial charge >= 0.3 is 6.09 Å². The maximum absolute atomic E-state index is 13.2. The Kier molecular flexibility index (Phi) is 5.91. The number of rotatable bonds is 4. The van der Waals surface area contributed by atoms with E-state index in [0.29, 0.717) is 41.6 Å². The van der Waals surface area contributed by atoms with Crippen LogP contribution in [0.5, 0.6) is 0 Å². The first-order valence-corrected chi connectivity index (χ1v) is 13.5. The molecule has 10 heteroatoms. The molecule has 0 spiro atoms. The summed E-state index contributed by atoms with van der Waals surface area (Å²) in [5.41, 5.74) is 0.710.